The molecule has 0 saturated heterocycles. The smallest absolute Gasteiger partial charge is 0.341 e. The van der Waals surface area contributed by atoms with Gasteiger partial charge in [-0.25, -0.2) is 4.79 Å². The van der Waals surface area contributed by atoms with Crippen LogP contribution in [0.2, 0.25) is 0 Å². The molecule has 0 bridgehead atoms. The molecule has 0 amide bonds. The maximum Gasteiger partial charge on any atom is 0.341 e. The van der Waals surface area contributed by atoms with E-state index in [0.717, 1.165) is 47.2 Å². The Balaban J connectivity index is 2.43. The standard InChI is InChI=1S/C19H27N3O2/c1-6-24-19(23)16-12-21-17-14(3)10-13(2)11-15(17)18(16)20-8-7-9-22(4)5/h10-12H,6-9H2,1-5H3,(H,20,21)/p+1. The lowest BCUT2D eigenvalue weighted by molar-refractivity contribution is -0.858. The van der Waals surface area contributed by atoms with Gasteiger partial charge in [-0.05, 0) is 32.4 Å². The van der Waals surface area contributed by atoms with Gasteiger partial charge in [0.1, 0.15) is 5.56 Å². The summed E-state index contributed by atoms with van der Waals surface area (Å²) in [4.78, 5) is 18.2. The lowest BCUT2D eigenvalue weighted by atomic mass is 10.0. The molecule has 0 unspecified atom stereocenters. The lowest BCUT2D eigenvalue weighted by Crippen LogP contribution is -3.05. The number of carbonyl (C=O) groups excluding carboxylic acids is 1. The first kappa shape index (κ1) is 18.2. The fourth-order valence-electron chi connectivity index (χ4n) is 2.87. The minimum absolute atomic E-state index is 0.327. The third kappa shape index (κ3) is 4.23. The highest BCUT2D eigenvalue weighted by atomic mass is 16.5. The number of nitrogens with one attached hydrogen (secondary N) is 2. The minimum atomic E-state index is -0.327. The molecule has 0 radical (unpaired) electrons. The number of anilines is 1. The molecule has 2 aromatic rings. The average molecular weight is 330 g/mol. The fourth-order valence-corrected chi connectivity index (χ4v) is 2.87. The highest BCUT2D eigenvalue weighted by Gasteiger charge is 2.17. The number of aromatic nitrogens is 1. The molecular formula is C19H28N3O2+. The van der Waals surface area contributed by atoms with Gasteiger partial charge in [0, 0.05) is 24.5 Å². The molecule has 0 aliphatic rings. The van der Waals surface area contributed by atoms with Gasteiger partial charge in [-0.3, -0.25) is 4.98 Å². The second-order valence-electron chi connectivity index (χ2n) is 6.48. The number of ether oxygens (including phenoxy) is 1. The van der Waals surface area contributed by atoms with E-state index in [1.54, 1.807) is 6.20 Å². The van der Waals surface area contributed by atoms with E-state index in [0.29, 0.717) is 12.2 Å². The lowest BCUT2D eigenvalue weighted by Gasteiger charge is -2.16. The van der Waals surface area contributed by atoms with E-state index in [9.17, 15) is 4.79 Å². The van der Waals surface area contributed by atoms with Crippen molar-refractivity contribution in [3.8, 4) is 0 Å². The van der Waals surface area contributed by atoms with Crippen molar-refractivity contribution in [1.82, 2.24) is 4.98 Å². The van der Waals surface area contributed by atoms with E-state index in [-0.39, 0.29) is 5.97 Å². The molecule has 0 saturated carbocycles. The summed E-state index contributed by atoms with van der Waals surface area (Å²) in [6, 6.07) is 4.19. The molecule has 1 aromatic heterocycles. The zero-order valence-corrected chi connectivity index (χ0v) is 15.3. The maximum absolute atomic E-state index is 12.3. The topological polar surface area (TPSA) is 55.7 Å². The fraction of sp³-hybridized carbons (Fsp3) is 0.474. The zero-order chi connectivity index (χ0) is 17.7. The Bertz CT molecular complexity index is 726. The first-order valence-electron chi connectivity index (χ1n) is 8.54. The van der Waals surface area contributed by atoms with Crippen LogP contribution in [0.1, 0.15) is 34.8 Å². The predicted molar refractivity (Wildman–Crippen MR) is 98.0 cm³/mol. The molecule has 1 aromatic carbocycles. The molecule has 2 N–H and O–H groups in total. The number of hydrogen-bond donors (Lipinski definition) is 2. The third-order valence-corrected chi connectivity index (χ3v) is 3.96. The molecule has 1 heterocycles. The van der Waals surface area contributed by atoms with Crippen molar-refractivity contribution < 1.29 is 14.4 Å². The van der Waals surface area contributed by atoms with Crippen molar-refractivity contribution in [2.24, 2.45) is 0 Å². The van der Waals surface area contributed by atoms with Crippen molar-refractivity contribution in [2.45, 2.75) is 27.2 Å². The first-order valence-corrected chi connectivity index (χ1v) is 8.54. The van der Waals surface area contributed by atoms with Crippen LogP contribution < -0.4 is 10.2 Å². The van der Waals surface area contributed by atoms with Crippen molar-refractivity contribution in [3.05, 3.63) is 35.0 Å². The van der Waals surface area contributed by atoms with Crippen LogP contribution in [0.3, 0.4) is 0 Å². The van der Waals surface area contributed by atoms with Crippen LogP contribution in [0.15, 0.2) is 18.3 Å². The van der Waals surface area contributed by atoms with Crippen molar-refractivity contribution in [3.63, 3.8) is 0 Å². The molecule has 130 valence electrons. The Morgan fingerprint density at radius 3 is 2.71 bits per heavy atom. The summed E-state index contributed by atoms with van der Waals surface area (Å²) in [5.41, 5.74) is 4.53. The van der Waals surface area contributed by atoms with Crippen molar-refractivity contribution >= 4 is 22.6 Å². The molecule has 5 heteroatoms. The minimum Gasteiger partial charge on any atom is -0.462 e. The SMILES string of the molecule is CCOC(=O)c1cnc2c(C)cc(C)cc2c1NCCC[NH+](C)C. The summed E-state index contributed by atoms with van der Waals surface area (Å²) in [6.07, 6.45) is 2.65. The average Bonchev–Trinajstić information content (AvgIpc) is 2.51. The number of esters is 1. The van der Waals surface area contributed by atoms with Crippen LogP contribution in [-0.2, 0) is 4.74 Å². The quantitative estimate of drug-likeness (QED) is 0.602. The Morgan fingerprint density at radius 1 is 1.29 bits per heavy atom. The van der Waals surface area contributed by atoms with Crippen LogP contribution in [0.4, 0.5) is 5.69 Å². The van der Waals surface area contributed by atoms with Crippen LogP contribution in [0.25, 0.3) is 10.9 Å². The van der Waals surface area contributed by atoms with Crippen LogP contribution >= 0.6 is 0 Å². The van der Waals surface area contributed by atoms with Gasteiger partial charge in [0.2, 0.25) is 0 Å². The molecule has 0 fully saturated rings. The zero-order valence-electron chi connectivity index (χ0n) is 15.3. The van der Waals surface area contributed by atoms with E-state index < -0.39 is 0 Å². The van der Waals surface area contributed by atoms with Gasteiger partial charge >= 0.3 is 5.97 Å². The van der Waals surface area contributed by atoms with Gasteiger partial charge in [0.25, 0.3) is 0 Å². The van der Waals surface area contributed by atoms with Gasteiger partial charge in [0.15, 0.2) is 0 Å². The Hall–Kier alpha value is -2.14. The Kier molecular flexibility index (Phi) is 6.15. The number of nitrogens with zero attached hydrogens (tertiary/aromatic N) is 1. The summed E-state index contributed by atoms with van der Waals surface area (Å²) >= 11 is 0. The first-order chi connectivity index (χ1) is 11.4. The predicted octanol–water partition coefficient (Wildman–Crippen LogP) is 1.97. The number of fused-ring (bicyclic) bond motifs is 1. The molecule has 2 rings (SSSR count). The second-order valence-corrected chi connectivity index (χ2v) is 6.48. The van der Waals surface area contributed by atoms with E-state index in [2.05, 4.69) is 43.5 Å². The van der Waals surface area contributed by atoms with E-state index in [4.69, 9.17) is 4.74 Å². The molecule has 24 heavy (non-hydrogen) atoms. The Morgan fingerprint density at radius 2 is 2.04 bits per heavy atom. The van der Waals surface area contributed by atoms with Crippen LogP contribution in [-0.4, -0.2) is 44.7 Å². The summed E-state index contributed by atoms with van der Waals surface area (Å²) in [7, 11) is 4.27. The molecule has 0 aliphatic heterocycles. The maximum atomic E-state index is 12.3. The van der Waals surface area contributed by atoms with Crippen LogP contribution in [0, 0.1) is 13.8 Å². The van der Waals surface area contributed by atoms with Crippen molar-refractivity contribution in [2.75, 3.05) is 39.1 Å². The van der Waals surface area contributed by atoms with Gasteiger partial charge in [-0.1, -0.05) is 11.6 Å². The molecule has 0 atom stereocenters. The van der Waals surface area contributed by atoms with Crippen molar-refractivity contribution in [1.29, 1.82) is 0 Å². The number of quaternary nitrogens is 1. The number of rotatable bonds is 7. The molecule has 0 aliphatic carbocycles. The number of carbonyl (C=O) groups is 1. The summed E-state index contributed by atoms with van der Waals surface area (Å²) < 4.78 is 5.20. The number of benzene rings is 1. The van der Waals surface area contributed by atoms with E-state index >= 15 is 0 Å². The van der Waals surface area contributed by atoms with E-state index in [1.165, 1.54) is 4.90 Å². The largest absolute Gasteiger partial charge is 0.462 e. The normalized spacial score (nSPS) is 11.1. The molecule has 5 nitrogen and oxygen atoms in total. The van der Waals surface area contributed by atoms with Crippen LogP contribution in [0.5, 0.6) is 0 Å². The molecule has 0 spiro atoms. The highest BCUT2D eigenvalue weighted by molar-refractivity contribution is 6.05. The number of pyridine rings is 1. The van der Waals surface area contributed by atoms with E-state index in [1.807, 2.05) is 13.8 Å². The number of aryl methyl sites for hydroxylation is 2. The van der Waals surface area contributed by atoms with Gasteiger partial charge < -0.3 is 15.0 Å². The monoisotopic (exact) mass is 330 g/mol. The van der Waals surface area contributed by atoms with Gasteiger partial charge in [-0.15, -0.1) is 0 Å². The summed E-state index contributed by atoms with van der Waals surface area (Å²) in [5, 5.41) is 4.43. The highest BCUT2D eigenvalue weighted by Crippen LogP contribution is 2.29. The Labute approximate surface area is 144 Å². The van der Waals surface area contributed by atoms with Gasteiger partial charge in [0.05, 0.1) is 38.5 Å². The summed E-state index contributed by atoms with van der Waals surface area (Å²) in [5.74, 6) is -0.327. The van der Waals surface area contributed by atoms with Gasteiger partial charge in [-0.2, -0.15) is 0 Å². The second kappa shape index (κ2) is 8.11. The molecular weight excluding hydrogens is 302 g/mol. The summed E-state index contributed by atoms with van der Waals surface area (Å²) in [6.45, 7) is 8.15. The number of hydrogen-bond acceptors (Lipinski definition) is 4. The third-order valence-electron chi connectivity index (χ3n) is 3.96.